The standard InChI is InChI=1S/C13H13N3S2/c1-8-4-6-18-10(8)7-16-12-11(15-13(16)17)9(2)3-5-14-12/h3-6H,7H2,1-2H3,(H,15,17). The highest BCUT2D eigenvalue weighted by atomic mass is 32.1. The summed E-state index contributed by atoms with van der Waals surface area (Å²) in [4.78, 5) is 9.02. The van der Waals surface area contributed by atoms with Gasteiger partial charge in [-0.3, -0.25) is 4.57 Å². The van der Waals surface area contributed by atoms with E-state index in [1.54, 1.807) is 11.3 Å². The number of hydrogen-bond donors (Lipinski definition) is 1. The normalized spacial score (nSPS) is 11.2. The monoisotopic (exact) mass is 275 g/mol. The van der Waals surface area contributed by atoms with Crippen molar-refractivity contribution in [3.8, 4) is 0 Å². The minimum absolute atomic E-state index is 0.736. The molecule has 1 N–H and O–H groups in total. The lowest BCUT2D eigenvalue weighted by Crippen LogP contribution is -2.00. The fourth-order valence-corrected chi connectivity index (χ4v) is 3.18. The van der Waals surface area contributed by atoms with Crippen LogP contribution in [0.3, 0.4) is 0 Å². The Morgan fingerprint density at radius 1 is 1.33 bits per heavy atom. The van der Waals surface area contributed by atoms with Crippen molar-refractivity contribution in [3.05, 3.63) is 44.5 Å². The third-order valence-electron chi connectivity index (χ3n) is 3.14. The number of nitrogens with one attached hydrogen (secondary N) is 1. The smallest absolute Gasteiger partial charge is 0.179 e. The van der Waals surface area contributed by atoms with Crippen molar-refractivity contribution < 1.29 is 0 Å². The van der Waals surface area contributed by atoms with E-state index < -0.39 is 0 Å². The van der Waals surface area contributed by atoms with E-state index in [0.717, 1.165) is 22.5 Å². The van der Waals surface area contributed by atoms with Crippen LogP contribution in [0.25, 0.3) is 11.2 Å². The Balaban J connectivity index is 2.18. The predicted molar refractivity (Wildman–Crippen MR) is 77.8 cm³/mol. The zero-order valence-electron chi connectivity index (χ0n) is 10.2. The molecule has 0 spiro atoms. The SMILES string of the molecule is Cc1ccsc1Cn1c(=S)[nH]c2c(C)ccnc21. The molecule has 18 heavy (non-hydrogen) atoms. The summed E-state index contributed by atoms with van der Waals surface area (Å²) in [6.45, 7) is 4.98. The van der Waals surface area contributed by atoms with Gasteiger partial charge in [-0.2, -0.15) is 0 Å². The number of hydrogen-bond acceptors (Lipinski definition) is 3. The second-order valence-electron chi connectivity index (χ2n) is 4.37. The first-order chi connectivity index (χ1) is 8.66. The van der Waals surface area contributed by atoms with Crippen molar-refractivity contribution in [3.63, 3.8) is 0 Å². The highest BCUT2D eigenvalue weighted by Gasteiger charge is 2.09. The number of rotatable bonds is 2. The Hall–Kier alpha value is -1.46. The van der Waals surface area contributed by atoms with Crippen LogP contribution in [-0.4, -0.2) is 14.5 Å². The number of thiophene rings is 1. The maximum Gasteiger partial charge on any atom is 0.179 e. The predicted octanol–water partition coefficient (Wildman–Crippen LogP) is 3.82. The van der Waals surface area contributed by atoms with E-state index in [1.807, 2.05) is 12.3 Å². The van der Waals surface area contributed by atoms with Gasteiger partial charge in [0, 0.05) is 11.1 Å². The molecule has 0 aromatic carbocycles. The molecule has 0 fully saturated rings. The molecule has 0 amide bonds. The van der Waals surface area contributed by atoms with Gasteiger partial charge in [0.1, 0.15) is 0 Å². The number of imidazole rings is 1. The Morgan fingerprint density at radius 3 is 2.89 bits per heavy atom. The summed E-state index contributed by atoms with van der Waals surface area (Å²) in [5.74, 6) is 0. The number of pyridine rings is 1. The maximum atomic E-state index is 5.40. The molecule has 3 rings (SSSR count). The molecule has 3 nitrogen and oxygen atoms in total. The second kappa shape index (κ2) is 4.33. The van der Waals surface area contributed by atoms with Gasteiger partial charge >= 0.3 is 0 Å². The average molecular weight is 275 g/mol. The number of aromatic amines is 1. The van der Waals surface area contributed by atoms with Crippen LogP contribution in [0, 0.1) is 18.6 Å². The van der Waals surface area contributed by atoms with Crippen molar-refractivity contribution in [2.45, 2.75) is 20.4 Å². The molecule has 3 aromatic rings. The van der Waals surface area contributed by atoms with E-state index in [-0.39, 0.29) is 0 Å². The van der Waals surface area contributed by atoms with Crippen LogP contribution in [0.2, 0.25) is 0 Å². The lowest BCUT2D eigenvalue weighted by molar-refractivity contribution is 0.809. The van der Waals surface area contributed by atoms with Gasteiger partial charge in [0.2, 0.25) is 0 Å². The van der Waals surface area contributed by atoms with Crippen LogP contribution in [0.4, 0.5) is 0 Å². The van der Waals surface area contributed by atoms with Gasteiger partial charge in [-0.25, -0.2) is 4.98 Å². The van der Waals surface area contributed by atoms with E-state index in [4.69, 9.17) is 12.2 Å². The van der Waals surface area contributed by atoms with Crippen LogP contribution in [-0.2, 0) is 6.54 Å². The first-order valence-corrected chi connectivity index (χ1v) is 7.02. The van der Waals surface area contributed by atoms with Gasteiger partial charge < -0.3 is 4.98 Å². The molecule has 0 atom stereocenters. The molecular formula is C13H13N3S2. The van der Waals surface area contributed by atoms with Crippen LogP contribution in [0.5, 0.6) is 0 Å². The summed E-state index contributed by atoms with van der Waals surface area (Å²) >= 11 is 7.16. The van der Waals surface area contributed by atoms with Gasteiger partial charge in [-0.05, 0) is 54.7 Å². The number of aryl methyl sites for hydroxylation is 2. The van der Waals surface area contributed by atoms with Gasteiger partial charge in [0.25, 0.3) is 0 Å². The number of fused-ring (bicyclic) bond motifs is 1. The number of nitrogens with zero attached hydrogens (tertiary/aromatic N) is 2. The second-order valence-corrected chi connectivity index (χ2v) is 5.76. The van der Waals surface area contributed by atoms with E-state index in [2.05, 4.69) is 39.8 Å². The summed E-state index contributed by atoms with van der Waals surface area (Å²) in [6, 6.07) is 4.13. The summed E-state index contributed by atoms with van der Waals surface area (Å²) in [5, 5.41) is 2.11. The van der Waals surface area contributed by atoms with Crippen LogP contribution in [0.1, 0.15) is 16.0 Å². The molecule has 0 aliphatic heterocycles. The van der Waals surface area contributed by atoms with Gasteiger partial charge in [0.15, 0.2) is 10.4 Å². The van der Waals surface area contributed by atoms with E-state index >= 15 is 0 Å². The number of H-pyrrole nitrogens is 1. The molecule has 0 aliphatic carbocycles. The van der Waals surface area contributed by atoms with Crippen LogP contribution >= 0.6 is 23.6 Å². The molecule has 5 heteroatoms. The minimum atomic E-state index is 0.736. The van der Waals surface area contributed by atoms with Crippen LogP contribution < -0.4 is 0 Å². The van der Waals surface area contributed by atoms with E-state index in [9.17, 15) is 0 Å². The number of aromatic nitrogens is 3. The summed E-state index contributed by atoms with van der Waals surface area (Å²) in [7, 11) is 0. The lowest BCUT2D eigenvalue weighted by atomic mass is 10.2. The molecule has 0 unspecified atom stereocenters. The summed E-state index contributed by atoms with van der Waals surface area (Å²) in [6.07, 6.45) is 1.83. The Labute approximate surface area is 114 Å². The Bertz CT molecular complexity index is 764. The molecule has 3 aromatic heterocycles. The highest BCUT2D eigenvalue weighted by Crippen LogP contribution is 2.21. The van der Waals surface area contributed by atoms with Crippen molar-refractivity contribution in [2.24, 2.45) is 0 Å². The molecule has 3 heterocycles. The summed E-state index contributed by atoms with van der Waals surface area (Å²) in [5.41, 5.74) is 4.46. The van der Waals surface area contributed by atoms with Gasteiger partial charge in [0.05, 0.1) is 12.1 Å². The first-order valence-electron chi connectivity index (χ1n) is 5.74. The molecule has 0 saturated heterocycles. The maximum absolute atomic E-state index is 5.40. The van der Waals surface area contributed by atoms with Crippen molar-refractivity contribution >= 4 is 34.7 Å². The fraction of sp³-hybridized carbons (Fsp3) is 0.231. The molecule has 0 bridgehead atoms. The molecule has 0 aliphatic rings. The van der Waals surface area contributed by atoms with Gasteiger partial charge in [-0.15, -0.1) is 11.3 Å². The summed E-state index contributed by atoms with van der Waals surface area (Å²) < 4.78 is 2.80. The molecular weight excluding hydrogens is 262 g/mol. The molecule has 0 saturated carbocycles. The van der Waals surface area contributed by atoms with E-state index in [0.29, 0.717) is 0 Å². The quantitative estimate of drug-likeness (QED) is 0.721. The van der Waals surface area contributed by atoms with Crippen LogP contribution in [0.15, 0.2) is 23.7 Å². The van der Waals surface area contributed by atoms with Crippen molar-refractivity contribution in [2.75, 3.05) is 0 Å². The van der Waals surface area contributed by atoms with E-state index in [1.165, 1.54) is 16.0 Å². The van der Waals surface area contributed by atoms with Crippen molar-refractivity contribution in [1.29, 1.82) is 0 Å². The minimum Gasteiger partial charge on any atom is -0.329 e. The third kappa shape index (κ3) is 1.79. The molecule has 92 valence electrons. The Kier molecular flexibility index (Phi) is 2.80. The molecule has 0 radical (unpaired) electrons. The highest BCUT2D eigenvalue weighted by molar-refractivity contribution is 7.71. The van der Waals surface area contributed by atoms with Crippen molar-refractivity contribution in [1.82, 2.24) is 14.5 Å². The lowest BCUT2D eigenvalue weighted by Gasteiger charge is -2.03. The first kappa shape index (κ1) is 11.6. The van der Waals surface area contributed by atoms with Gasteiger partial charge in [-0.1, -0.05) is 0 Å². The topological polar surface area (TPSA) is 33.6 Å². The average Bonchev–Trinajstić information content (AvgIpc) is 2.87. The third-order valence-corrected chi connectivity index (χ3v) is 4.47. The zero-order chi connectivity index (χ0) is 12.7. The zero-order valence-corrected chi connectivity index (χ0v) is 11.9. The largest absolute Gasteiger partial charge is 0.329 e. The fourth-order valence-electron chi connectivity index (χ4n) is 2.03. The Morgan fingerprint density at radius 2 is 2.17 bits per heavy atom.